The predicted molar refractivity (Wildman–Crippen MR) is 65.0 cm³/mol. The highest BCUT2D eigenvalue weighted by molar-refractivity contribution is 7.89. The molecule has 0 heterocycles. The minimum atomic E-state index is -4.17. The lowest BCUT2D eigenvalue weighted by Crippen LogP contribution is -2.38. The van der Waals surface area contributed by atoms with E-state index in [2.05, 4.69) is 4.74 Å². The van der Waals surface area contributed by atoms with Crippen LogP contribution in [0.4, 0.5) is 4.39 Å². The highest BCUT2D eigenvalue weighted by Gasteiger charge is 2.23. The Bertz CT molecular complexity index is 577. The van der Waals surface area contributed by atoms with Gasteiger partial charge in [0.1, 0.15) is 10.7 Å². The lowest BCUT2D eigenvalue weighted by atomic mass is 10.3. The molecule has 0 aliphatic heterocycles. The van der Waals surface area contributed by atoms with Crippen LogP contribution in [0, 0.1) is 5.82 Å². The van der Waals surface area contributed by atoms with Gasteiger partial charge in [0.25, 0.3) is 0 Å². The molecule has 0 aliphatic rings. The molecule has 0 amide bonds. The first kappa shape index (κ1) is 15.8. The average molecular weight is 312 g/mol. The van der Waals surface area contributed by atoms with Gasteiger partial charge in [-0.2, -0.15) is 0 Å². The maximum atomic E-state index is 13.5. The number of rotatable bonds is 6. The number of hydrogen-bond acceptors (Lipinski definition) is 4. The predicted octanol–water partition coefficient (Wildman–Crippen LogP) is 0.857. The Labute approximate surface area is 114 Å². The number of methoxy groups -OCH3 is 1. The van der Waals surface area contributed by atoms with E-state index >= 15 is 0 Å². The summed E-state index contributed by atoms with van der Waals surface area (Å²) in [6.45, 7) is -0.518. The second-order valence-electron chi connectivity index (χ2n) is 3.49. The zero-order valence-electron chi connectivity index (χ0n) is 9.76. The Balaban J connectivity index is 2.90. The van der Waals surface area contributed by atoms with Gasteiger partial charge >= 0.3 is 5.97 Å². The molecule has 1 unspecified atom stereocenters. The first-order valence-electron chi connectivity index (χ1n) is 4.98. The van der Waals surface area contributed by atoms with E-state index in [1.54, 1.807) is 0 Å². The van der Waals surface area contributed by atoms with Crippen LogP contribution in [0.3, 0.4) is 0 Å². The Morgan fingerprint density at radius 3 is 2.68 bits per heavy atom. The quantitative estimate of drug-likeness (QED) is 0.812. The van der Waals surface area contributed by atoms with Crippen LogP contribution in [0.1, 0.15) is 0 Å². The van der Waals surface area contributed by atoms with Crippen LogP contribution in [-0.4, -0.2) is 39.3 Å². The van der Waals surface area contributed by atoms with Gasteiger partial charge in [0.05, 0.1) is 0 Å². The van der Waals surface area contributed by atoms with E-state index in [-0.39, 0.29) is 5.02 Å². The number of hydrogen-bond donors (Lipinski definition) is 2. The van der Waals surface area contributed by atoms with Crippen LogP contribution in [0.15, 0.2) is 23.1 Å². The molecule has 106 valence electrons. The summed E-state index contributed by atoms with van der Waals surface area (Å²) in [7, 11) is -3.05. The van der Waals surface area contributed by atoms with Crippen molar-refractivity contribution < 1.29 is 27.4 Å². The molecule has 0 saturated heterocycles. The SMILES string of the molecule is COC(CNS(=O)(=O)c1ccc(Cl)cc1F)C(=O)O. The van der Waals surface area contributed by atoms with Crippen LogP contribution in [0.25, 0.3) is 0 Å². The third kappa shape index (κ3) is 4.13. The van der Waals surface area contributed by atoms with Crippen LogP contribution < -0.4 is 4.72 Å². The first-order valence-corrected chi connectivity index (χ1v) is 6.84. The fraction of sp³-hybridized carbons (Fsp3) is 0.300. The van der Waals surface area contributed by atoms with E-state index < -0.39 is 39.4 Å². The number of benzene rings is 1. The van der Waals surface area contributed by atoms with Crippen LogP contribution >= 0.6 is 11.6 Å². The zero-order chi connectivity index (χ0) is 14.6. The molecular formula is C10H11ClFNO5S. The standard InChI is InChI=1S/C10H11ClFNO5S/c1-18-8(10(14)15)5-13-19(16,17)9-3-2-6(11)4-7(9)12/h2-4,8,13H,5H2,1H3,(H,14,15). The van der Waals surface area contributed by atoms with Crippen LogP contribution in [-0.2, 0) is 19.6 Å². The molecule has 0 aliphatic carbocycles. The maximum Gasteiger partial charge on any atom is 0.334 e. The summed E-state index contributed by atoms with van der Waals surface area (Å²) in [5.74, 6) is -2.36. The molecule has 0 fully saturated rings. The molecule has 1 aromatic rings. The van der Waals surface area contributed by atoms with E-state index in [1.807, 2.05) is 4.72 Å². The van der Waals surface area contributed by atoms with Crippen molar-refractivity contribution in [2.24, 2.45) is 0 Å². The monoisotopic (exact) mass is 311 g/mol. The number of ether oxygens (including phenoxy) is 1. The van der Waals surface area contributed by atoms with Gasteiger partial charge in [0.15, 0.2) is 6.10 Å². The fourth-order valence-electron chi connectivity index (χ4n) is 1.23. The molecule has 19 heavy (non-hydrogen) atoms. The number of aliphatic carboxylic acids is 1. The number of sulfonamides is 1. The smallest absolute Gasteiger partial charge is 0.334 e. The van der Waals surface area contributed by atoms with E-state index in [9.17, 15) is 17.6 Å². The number of carbonyl (C=O) groups is 1. The average Bonchev–Trinajstić information content (AvgIpc) is 2.28. The molecule has 1 atom stereocenters. The Hall–Kier alpha value is -1.22. The number of nitrogens with one attached hydrogen (secondary N) is 1. The van der Waals surface area contributed by atoms with Gasteiger partial charge in [-0.1, -0.05) is 11.6 Å². The van der Waals surface area contributed by atoms with E-state index in [4.69, 9.17) is 16.7 Å². The lowest BCUT2D eigenvalue weighted by Gasteiger charge is -2.12. The van der Waals surface area contributed by atoms with E-state index in [0.717, 1.165) is 19.2 Å². The molecule has 1 rings (SSSR count). The van der Waals surface area contributed by atoms with Crippen LogP contribution in [0.2, 0.25) is 5.02 Å². The maximum absolute atomic E-state index is 13.5. The molecule has 2 N–H and O–H groups in total. The molecule has 0 saturated carbocycles. The van der Waals surface area contributed by atoms with E-state index in [0.29, 0.717) is 0 Å². The number of halogens is 2. The van der Waals surface area contributed by atoms with Crippen molar-refractivity contribution in [1.82, 2.24) is 4.72 Å². The van der Waals surface area contributed by atoms with Crippen molar-refractivity contribution in [2.45, 2.75) is 11.0 Å². The highest BCUT2D eigenvalue weighted by Crippen LogP contribution is 2.18. The summed E-state index contributed by atoms with van der Waals surface area (Å²) < 4.78 is 43.5. The van der Waals surface area contributed by atoms with Crippen molar-refractivity contribution >= 4 is 27.6 Å². The lowest BCUT2D eigenvalue weighted by molar-refractivity contribution is -0.147. The third-order valence-electron chi connectivity index (χ3n) is 2.20. The Morgan fingerprint density at radius 2 is 2.21 bits per heavy atom. The van der Waals surface area contributed by atoms with Gasteiger partial charge in [-0.25, -0.2) is 22.3 Å². The second-order valence-corrected chi connectivity index (χ2v) is 5.66. The molecule has 9 heteroatoms. The molecule has 0 bridgehead atoms. The molecule has 6 nitrogen and oxygen atoms in total. The summed E-state index contributed by atoms with van der Waals surface area (Å²) in [5, 5.41) is 8.73. The number of carboxylic acids is 1. The minimum Gasteiger partial charge on any atom is -0.479 e. The van der Waals surface area contributed by atoms with Crippen molar-refractivity contribution in [3.63, 3.8) is 0 Å². The fourth-order valence-corrected chi connectivity index (χ4v) is 2.48. The molecule has 0 aromatic heterocycles. The summed E-state index contributed by atoms with van der Waals surface area (Å²) in [5.41, 5.74) is 0. The van der Waals surface area contributed by atoms with Crippen LogP contribution in [0.5, 0.6) is 0 Å². The number of carboxylic acid groups (broad SMARTS) is 1. The van der Waals surface area contributed by atoms with Gasteiger partial charge in [-0.05, 0) is 18.2 Å². The molecule has 0 radical (unpaired) electrons. The highest BCUT2D eigenvalue weighted by atomic mass is 35.5. The van der Waals surface area contributed by atoms with Crippen molar-refractivity contribution in [2.75, 3.05) is 13.7 Å². The summed E-state index contributed by atoms with van der Waals surface area (Å²) in [6, 6.07) is 3.05. The van der Waals surface area contributed by atoms with Crippen molar-refractivity contribution in [3.8, 4) is 0 Å². The summed E-state index contributed by atoms with van der Waals surface area (Å²) >= 11 is 5.51. The summed E-state index contributed by atoms with van der Waals surface area (Å²) in [6.07, 6.45) is -1.36. The second kappa shape index (κ2) is 6.29. The van der Waals surface area contributed by atoms with Gasteiger partial charge < -0.3 is 9.84 Å². The Kier molecular flexibility index (Phi) is 5.24. The Morgan fingerprint density at radius 1 is 1.58 bits per heavy atom. The topological polar surface area (TPSA) is 92.7 Å². The van der Waals surface area contributed by atoms with Gasteiger partial charge in [-0.3, -0.25) is 0 Å². The van der Waals surface area contributed by atoms with Gasteiger partial charge in [0.2, 0.25) is 10.0 Å². The summed E-state index contributed by atoms with van der Waals surface area (Å²) in [4.78, 5) is 10.0. The zero-order valence-corrected chi connectivity index (χ0v) is 11.3. The van der Waals surface area contributed by atoms with Gasteiger partial charge in [-0.15, -0.1) is 0 Å². The van der Waals surface area contributed by atoms with Gasteiger partial charge in [0, 0.05) is 18.7 Å². The minimum absolute atomic E-state index is 0.0526. The molecular weight excluding hydrogens is 301 g/mol. The normalized spacial score (nSPS) is 13.2. The van der Waals surface area contributed by atoms with Crippen molar-refractivity contribution in [1.29, 1.82) is 0 Å². The third-order valence-corrected chi connectivity index (χ3v) is 3.89. The van der Waals surface area contributed by atoms with Crippen molar-refractivity contribution in [3.05, 3.63) is 29.0 Å². The van der Waals surface area contributed by atoms with E-state index in [1.165, 1.54) is 6.07 Å². The first-order chi connectivity index (χ1) is 8.77. The molecule has 1 aromatic carbocycles. The largest absolute Gasteiger partial charge is 0.479 e. The molecule has 0 spiro atoms.